The summed E-state index contributed by atoms with van der Waals surface area (Å²) in [5.41, 5.74) is 0.611. The fraction of sp³-hybridized carbons (Fsp3) is 0.0833. The van der Waals surface area contributed by atoms with Crippen molar-refractivity contribution in [2.24, 2.45) is 0 Å². The number of nitrogens with zero attached hydrogens (tertiary/aromatic N) is 1. The first-order chi connectivity index (χ1) is 15.8. The molecular weight excluding hydrogens is 438 g/mol. The average molecular weight is 455 g/mol. The normalized spacial score (nSPS) is 11.3. The lowest BCUT2D eigenvalue weighted by Crippen LogP contribution is -2.20. The second-order valence-corrected chi connectivity index (χ2v) is 7.08. The number of carbonyl (C=O) groups is 1. The van der Waals surface area contributed by atoms with E-state index in [1.54, 1.807) is 48.5 Å². The summed E-state index contributed by atoms with van der Waals surface area (Å²) in [4.78, 5) is 12.2. The molecule has 0 atom stereocenters. The van der Waals surface area contributed by atoms with E-state index >= 15 is 0 Å². The summed E-state index contributed by atoms with van der Waals surface area (Å²) in [5, 5.41) is 9.32. The molecule has 0 aliphatic rings. The second-order valence-electron chi connectivity index (χ2n) is 7.08. The minimum Gasteiger partial charge on any atom is -0.484 e. The van der Waals surface area contributed by atoms with Gasteiger partial charge in [0.1, 0.15) is 11.6 Å². The summed E-state index contributed by atoms with van der Waals surface area (Å²) in [6, 6.07) is 18.4. The van der Waals surface area contributed by atoms with Crippen molar-refractivity contribution >= 4 is 11.6 Å². The van der Waals surface area contributed by atoms with Crippen molar-refractivity contribution in [1.29, 1.82) is 0 Å². The third kappa shape index (κ3) is 5.20. The van der Waals surface area contributed by atoms with Gasteiger partial charge in [-0.1, -0.05) is 30.3 Å². The van der Waals surface area contributed by atoms with Gasteiger partial charge in [-0.25, -0.2) is 4.39 Å². The first kappa shape index (κ1) is 22.1. The maximum Gasteiger partial charge on any atom is 0.419 e. The average Bonchev–Trinajstić information content (AvgIpc) is 3.28. The summed E-state index contributed by atoms with van der Waals surface area (Å²) in [5.74, 6) is -1.17. The van der Waals surface area contributed by atoms with Gasteiger partial charge in [-0.15, -0.1) is 0 Å². The number of hydrogen-bond acceptors (Lipinski definition) is 3. The van der Waals surface area contributed by atoms with Crippen LogP contribution in [0, 0.1) is 5.82 Å². The molecule has 4 rings (SSSR count). The fourth-order valence-electron chi connectivity index (χ4n) is 3.25. The van der Waals surface area contributed by atoms with Crippen LogP contribution in [0.25, 0.3) is 22.4 Å². The number of halogens is 4. The van der Waals surface area contributed by atoms with E-state index in [2.05, 4.69) is 15.5 Å². The molecule has 0 aliphatic heterocycles. The largest absolute Gasteiger partial charge is 0.484 e. The van der Waals surface area contributed by atoms with Gasteiger partial charge < -0.3 is 10.1 Å². The maximum atomic E-state index is 13.7. The molecule has 0 unspecified atom stereocenters. The van der Waals surface area contributed by atoms with E-state index < -0.39 is 17.6 Å². The number of aromatic nitrogens is 2. The van der Waals surface area contributed by atoms with Gasteiger partial charge in [-0.2, -0.15) is 18.3 Å². The highest BCUT2D eigenvalue weighted by Gasteiger charge is 2.34. The molecule has 0 fully saturated rings. The van der Waals surface area contributed by atoms with E-state index in [4.69, 9.17) is 4.74 Å². The molecule has 0 aliphatic carbocycles. The molecule has 0 spiro atoms. The van der Waals surface area contributed by atoms with Gasteiger partial charge in [0.05, 0.1) is 17.5 Å². The van der Waals surface area contributed by atoms with E-state index in [9.17, 15) is 22.4 Å². The summed E-state index contributed by atoms with van der Waals surface area (Å²) >= 11 is 0. The summed E-state index contributed by atoms with van der Waals surface area (Å²) in [6.45, 7) is -0.193. The summed E-state index contributed by atoms with van der Waals surface area (Å²) in [7, 11) is 0. The first-order valence-corrected chi connectivity index (χ1v) is 9.80. The monoisotopic (exact) mass is 455 g/mol. The van der Waals surface area contributed by atoms with Crippen LogP contribution in [0.5, 0.6) is 5.75 Å². The molecular formula is C24H17F4N3O2. The first-order valence-electron chi connectivity index (χ1n) is 9.80. The molecule has 168 valence electrons. The van der Waals surface area contributed by atoms with Crippen molar-refractivity contribution in [1.82, 2.24) is 10.2 Å². The number of H-pyrrole nitrogens is 1. The zero-order valence-electron chi connectivity index (χ0n) is 17.0. The van der Waals surface area contributed by atoms with E-state index in [-0.39, 0.29) is 23.8 Å². The third-order valence-corrected chi connectivity index (χ3v) is 4.77. The highest BCUT2D eigenvalue weighted by Crippen LogP contribution is 2.37. The van der Waals surface area contributed by atoms with Crippen molar-refractivity contribution in [3.63, 3.8) is 0 Å². The molecule has 33 heavy (non-hydrogen) atoms. The molecule has 0 bridgehead atoms. The van der Waals surface area contributed by atoms with Crippen LogP contribution in [-0.4, -0.2) is 22.7 Å². The lowest BCUT2D eigenvalue weighted by Gasteiger charge is -2.11. The van der Waals surface area contributed by atoms with E-state index in [0.29, 0.717) is 22.6 Å². The molecule has 3 aromatic carbocycles. The number of rotatable bonds is 6. The van der Waals surface area contributed by atoms with Crippen LogP contribution in [0.3, 0.4) is 0 Å². The number of ether oxygens (including phenoxy) is 1. The Morgan fingerprint density at radius 1 is 0.970 bits per heavy atom. The second kappa shape index (κ2) is 9.15. The molecule has 1 amide bonds. The zero-order valence-corrected chi connectivity index (χ0v) is 17.0. The van der Waals surface area contributed by atoms with Gasteiger partial charge in [0.2, 0.25) is 0 Å². The van der Waals surface area contributed by atoms with Crippen LogP contribution >= 0.6 is 0 Å². The molecule has 1 aromatic heterocycles. The number of aromatic amines is 1. The van der Waals surface area contributed by atoms with Crippen molar-refractivity contribution in [2.75, 3.05) is 11.9 Å². The molecule has 0 saturated carbocycles. The molecule has 0 saturated heterocycles. The van der Waals surface area contributed by atoms with Gasteiger partial charge in [0, 0.05) is 16.8 Å². The van der Waals surface area contributed by atoms with Crippen molar-refractivity contribution in [2.45, 2.75) is 6.18 Å². The number of benzene rings is 3. The fourth-order valence-corrected chi connectivity index (χ4v) is 3.25. The van der Waals surface area contributed by atoms with E-state index in [0.717, 1.165) is 12.1 Å². The van der Waals surface area contributed by atoms with Crippen LogP contribution in [-0.2, 0) is 11.0 Å². The predicted molar refractivity (Wildman–Crippen MR) is 115 cm³/mol. The lowest BCUT2D eigenvalue weighted by molar-refractivity contribution is -0.140. The Morgan fingerprint density at radius 3 is 2.52 bits per heavy atom. The van der Waals surface area contributed by atoms with Crippen molar-refractivity contribution in [3.05, 3.63) is 90.4 Å². The number of para-hydroxylation sites is 1. The molecule has 1 heterocycles. The molecule has 4 aromatic rings. The Hall–Kier alpha value is -4.14. The van der Waals surface area contributed by atoms with Gasteiger partial charge in [0.15, 0.2) is 6.61 Å². The number of alkyl halides is 3. The Morgan fingerprint density at radius 2 is 1.76 bits per heavy atom. The lowest BCUT2D eigenvalue weighted by atomic mass is 9.99. The predicted octanol–water partition coefficient (Wildman–Crippen LogP) is 5.92. The highest BCUT2D eigenvalue weighted by molar-refractivity contribution is 5.93. The number of carbonyl (C=O) groups excluding carboxylic acids is 1. The van der Waals surface area contributed by atoms with Crippen LogP contribution in [0.2, 0.25) is 0 Å². The van der Waals surface area contributed by atoms with Crippen LogP contribution in [0.4, 0.5) is 23.2 Å². The minimum atomic E-state index is -4.83. The standard InChI is InChI=1S/C24H17F4N3O2/c25-21-10-9-16(12-20(21)24(26,27)28)23-19(13-29-31-23)15-5-4-6-17(11-15)30-22(32)14-33-18-7-2-1-3-8-18/h1-13H,14H2,(H,29,31)(H,30,32). The summed E-state index contributed by atoms with van der Waals surface area (Å²) < 4.78 is 58.5. The number of nitrogens with one attached hydrogen (secondary N) is 2. The Balaban J connectivity index is 1.54. The van der Waals surface area contributed by atoms with Crippen LogP contribution in [0.15, 0.2) is 79.0 Å². The Bertz CT molecular complexity index is 1270. The van der Waals surface area contributed by atoms with E-state index in [1.165, 1.54) is 12.3 Å². The Kier molecular flexibility index (Phi) is 6.12. The Labute approximate surface area is 186 Å². The van der Waals surface area contributed by atoms with Gasteiger partial charge in [-0.05, 0) is 48.0 Å². The van der Waals surface area contributed by atoms with Crippen LogP contribution < -0.4 is 10.1 Å². The number of hydrogen-bond donors (Lipinski definition) is 2. The molecule has 5 nitrogen and oxygen atoms in total. The maximum absolute atomic E-state index is 13.7. The van der Waals surface area contributed by atoms with E-state index in [1.807, 2.05) is 6.07 Å². The van der Waals surface area contributed by atoms with Gasteiger partial charge in [-0.3, -0.25) is 9.89 Å². The van der Waals surface area contributed by atoms with Gasteiger partial charge in [0.25, 0.3) is 5.91 Å². The third-order valence-electron chi connectivity index (χ3n) is 4.77. The van der Waals surface area contributed by atoms with Crippen molar-refractivity contribution in [3.8, 4) is 28.1 Å². The smallest absolute Gasteiger partial charge is 0.419 e. The van der Waals surface area contributed by atoms with Crippen LogP contribution in [0.1, 0.15) is 5.56 Å². The minimum absolute atomic E-state index is 0.127. The molecule has 0 radical (unpaired) electrons. The SMILES string of the molecule is O=C(COc1ccccc1)Nc1cccc(-c2cn[nH]c2-c2ccc(F)c(C(F)(F)F)c2)c1. The molecule has 2 N–H and O–H groups in total. The summed E-state index contributed by atoms with van der Waals surface area (Å²) in [6.07, 6.45) is -3.38. The number of anilines is 1. The topological polar surface area (TPSA) is 67.0 Å². The quantitative estimate of drug-likeness (QED) is 0.355. The molecule has 9 heteroatoms. The van der Waals surface area contributed by atoms with Crippen molar-refractivity contribution < 1.29 is 27.1 Å². The highest BCUT2D eigenvalue weighted by atomic mass is 19.4. The zero-order chi connectivity index (χ0) is 23.4. The number of amides is 1. The van der Waals surface area contributed by atoms with Gasteiger partial charge >= 0.3 is 6.18 Å².